The topological polar surface area (TPSA) is 115 Å². The van der Waals surface area contributed by atoms with Gasteiger partial charge in [-0.1, -0.05) is 0 Å². The van der Waals surface area contributed by atoms with Crippen LogP contribution < -0.4 is 0 Å². The number of nitrogens with zero attached hydrogens (tertiary/aromatic N) is 1. The van der Waals surface area contributed by atoms with Crippen molar-refractivity contribution in [3.63, 3.8) is 0 Å². The molecule has 1 aliphatic heterocycles. The van der Waals surface area contributed by atoms with Crippen LogP contribution in [-0.4, -0.2) is 59.3 Å². The zero-order chi connectivity index (χ0) is 14.2. The Bertz CT molecular complexity index is 571. The molecule has 1 aromatic heterocycles. The number of rotatable bonds is 4. The largest absolute Gasteiger partial charge is 0.481 e. The van der Waals surface area contributed by atoms with E-state index in [0.29, 0.717) is 4.88 Å². The molecule has 0 amide bonds. The molecular weight excluding hydrogens is 294 g/mol. The molecule has 7 nitrogen and oxygen atoms in total. The standard InChI is InChI=1S/C10H13NO6S2/c12-7-4-11(5-8(7)13)19(16,17)10-2-1-6(18-10)3-9(14)15/h1-2,7-8,12-13H,3-5H2,(H,14,15). The Hall–Kier alpha value is -1.00. The number of hydrogen-bond acceptors (Lipinski definition) is 6. The number of β-amino-alcohol motifs (C(OH)–C–C–N with tert-alkyl or cyclic N) is 2. The van der Waals surface area contributed by atoms with Crippen LogP contribution in [0.4, 0.5) is 0 Å². The third kappa shape index (κ3) is 2.95. The lowest BCUT2D eigenvalue weighted by Gasteiger charge is -2.13. The summed E-state index contributed by atoms with van der Waals surface area (Å²) in [5, 5.41) is 27.4. The fraction of sp³-hybridized carbons (Fsp3) is 0.500. The fourth-order valence-corrected chi connectivity index (χ4v) is 4.78. The molecule has 3 N–H and O–H groups in total. The van der Waals surface area contributed by atoms with Crippen molar-refractivity contribution in [3.05, 3.63) is 17.0 Å². The summed E-state index contributed by atoms with van der Waals surface area (Å²) in [6.45, 7) is -0.314. The summed E-state index contributed by atoms with van der Waals surface area (Å²) >= 11 is 0.884. The molecular formula is C10H13NO6S2. The predicted octanol–water partition coefficient (Wildman–Crippen LogP) is -0.899. The Balaban J connectivity index is 2.20. The molecule has 9 heteroatoms. The van der Waals surface area contributed by atoms with Gasteiger partial charge in [0.25, 0.3) is 10.0 Å². The number of aliphatic carboxylic acids is 1. The average molecular weight is 307 g/mol. The molecule has 0 aromatic carbocycles. The molecule has 106 valence electrons. The first-order valence-corrected chi connectivity index (χ1v) is 7.73. The van der Waals surface area contributed by atoms with Crippen LogP contribution in [0.5, 0.6) is 0 Å². The SMILES string of the molecule is O=C(O)Cc1ccc(S(=O)(=O)N2CC(O)C(O)C2)s1. The van der Waals surface area contributed by atoms with Gasteiger partial charge in [-0.2, -0.15) is 4.31 Å². The maximum Gasteiger partial charge on any atom is 0.308 e. The van der Waals surface area contributed by atoms with Crippen molar-refractivity contribution in [1.82, 2.24) is 4.31 Å². The molecule has 1 aromatic rings. The summed E-state index contributed by atoms with van der Waals surface area (Å²) in [4.78, 5) is 11.0. The number of carboxylic acids is 1. The van der Waals surface area contributed by atoms with Crippen molar-refractivity contribution in [2.45, 2.75) is 22.8 Å². The van der Waals surface area contributed by atoms with E-state index >= 15 is 0 Å². The lowest BCUT2D eigenvalue weighted by atomic mass is 10.3. The summed E-state index contributed by atoms with van der Waals surface area (Å²) in [6.07, 6.45) is -2.41. The third-order valence-electron chi connectivity index (χ3n) is 2.78. The van der Waals surface area contributed by atoms with E-state index in [2.05, 4.69) is 0 Å². The molecule has 2 unspecified atom stereocenters. The van der Waals surface area contributed by atoms with Crippen LogP contribution in [0.25, 0.3) is 0 Å². The van der Waals surface area contributed by atoms with Gasteiger partial charge in [0, 0.05) is 18.0 Å². The minimum absolute atomic E-state index is 0.0186. The summed E-state index contributed by atoms with van der Waals surface area (Å²) in [6, 6.07) is 2.80. The van der Waals surface area contributed by atoms with Crippen molar-refractivity contribution in [2.24, 2.45) is 0 Å². The molecule has 0 spiro atoms. The lowest BCUT2D eigenvalue weighted by molar-refractivity contribution is -0.136. The first-order chi connectivity index (χ1) is 8.80. The Kier molecular flexibility index (Phi) is 3.92. The number of aliphatic hydroxyl groups excluding tert-OH is 2. The van der Waals surface area contributed by atoms with Gasteiger partial charge in [-0.3, -0.25) is 4.79 Å². The van der Waals surface area contributed by atoms with Crippen LogP contribution in [0.3, 0.4) is 0 Å². The first-order valence-electron chi connectivity index (χ1n) is 5.47. The van der Waals surface area contributed by atoms with Crippen LogP contribution in [0.1, 0.15) is 4.88 Å². The van der Waals surface area contributed by atoms with Crippen LogP contribution in [-0.2, 0) is 21.2 Å². The molecule has 2 rings (SSSR count). The summed E-state index contributed by atoms with van der Waals surface area (Å²) in [7, 11) is -3.78. The van der Waals surface area contributed by atoms with Gasteiger partial charge in [0.15, 0.2) is 0 Å². The monoisotopic (exact) mass is 307 g/mol. The fourth-order valence-electron chi connectivity index (χ4n) is 1.80. The number of thiophene rings is 1. The number of sulfonamides is 1. The molecule has 19 heavy (non-hydrogen) atoms. The van der Waals surface area contributed by atoms with Crippen molar-refractivity contribution in [3.8, 4) is 0 Å². The number of aliphatic hydroxyl groups is 2. The normalized spacial score (nSPS) is 24.7. The predicted molar refractivity (Wildman–Crippen MR) is 66.4 cm³/mol. The Morgan fingerprint density at radius 1 is 1.32 bits per heavy atom. The molecule has 1 fully saturated rings. The number of carboxylic acid groups (broad SMARTS) is 1. The van der Waals surface area contributed by atoms with E-state index < -0.39 is 28.2 Å². The van der Waals surface area contributed by atoms with E-state index in [9.17, 15) is 23.4 Å². The van der Waals surface area contributed by atoms with E-state index in [-0.39, 0.29) is 23.7 Å². The molecule has 0 aliphatic carbocycles. The second kappa shape index (κ2) is 5.17. The van der Waals surface area contributed by atoms with Gasteiger partial charge in [0.2, 0.25) is 0 Å². The maximum atomic E-state index is 12.2. The lowest BCUT2D eigenvalue weighted by Crippen LogP contribution is -2.29. The molecule has 2 atom stereocenters. The van der Waals surface area contributed by atoms with Crippen LogP contribution in [0.15, 0.2) is 16.3 Å². The van der Waals surface area contributed by atoms with Crippen LogP contribution in [0, 0.1) is 0 Å². The average Bonchev–Trinajstić information content (AvgIpc) is 2.87. The van der Waals surface area contributed by atoms with Gasteiger partial charge in [0.05, 0.1) is 18.6 Å². The second-order valence-corrected chi connectivity index (χ2v) is 7.58. The Morgan fingerprint density at radius 2 is 1.89 bits per heavy atom. The Labute approximate surface area is 113 Å². The first kappa shape index (κ1) is 14.4. The van der Waals surface area contributed by atoms with Crippen molar-refractivity contribution < 1.29 is 28.5 Å². The van der Waals surface area contributed by atoms with Gasteiger partial charge in [-0.25, -0.2) is 8.42 Å². The van der Waals surface area contributed by atoms with E-state index in [1.54, 1.807) is 0 Å². The molecule has 0 bridgehead atoms. The number of carbonyl (C=O) groups is 1. The van der Waals surface area contributed by atoms with Crippen molar-refractivity contribution in [2.75, 3.05) is 13.1 Å². The third-order valence-corrected chi connectivity index (χ3v) is 6.17. The van der Waals surface area contributed by atoms with Gasteiger partial charge in [0.1, 0.15) is 4.21 Å². The highest BCUT2D eigenvalue weighted by Crippen LogP contribution is 2.27. The summed E-state index contributed by atoms with van der Waals surface area (Å²) < 4.78 is 25.4. The zero-order valence-corrected chi connectivity index (χ0v) is 11.4. The molecule has 2 heterocycles. The smallest absolute Gasteiger partial charge is 0.308 e. The van der Waals surface area contributed by atoms with Gasteiger partial charge < -0.3 is 15.3 Å². The minimum Gasteiger partial charge on any atom is -0.481 e. The minimum atomic E-state index is -3.78. The zero-order valence-electron chi connectivity index (χ0n) is 9.76. The summed E-state index contributed by atoms with van der Waals surface area (Å²) in [5.41, 5.74) is 0. The highest BCUT2D eigenvalue weighted by Gasteiger charge is 2.38. The van der Waals surface area contributed by atoms with Crippen molar-refractivity contribution >= 4 is 27.3 Å². The molecule has 0 saturated carbocycles. The van der Waals surface area contributed by atoms with Crippen LogP contribution in [0.2, 0.25) is 0 Å². The highest BCUT2D eigenvalue weighted by atomic mass is 32.2. The van der Waals surface area contributed by atoms with Gasteiger partial charge in [-0.05, 0) is 12.1 Å². The maximum absolute atomic E-state index is 12.2. The van der Waals surface area contributed by atoms with E-state index in [1.165, 1.54) is 12.1 Å². The van der Waals surface area contributed by atoms with E-state index in [4.69, 9.17) is 5.11 Å². The molecule has 1 aliphatic rings. The molecule has 0 radical (unpaired) electrons. The van der Waals surface area contributed by atoms with Gasteiger partial charge in [-0.15, -0.1) is 11.3 Å². The Morgan fingerprint density at radius 3 is 2.42 bits per heavy atom. The van der Waals surface area contributed by atoms with Crippen LogP contribution >= 0.6 is 11.3 Å². The van der Waals surface area contributed by atoms with E-state index in [1.807, 2.05) is 0 Å². The summed E-state index contributed by atoms with van der Waals surface area (Å²) in [5.74, 6) is -1.03. The van der Waals surface area contributed by atoms with Gasteiger partial charge >= 0.3 is 5.97 Å². The number of hydrogen-bond donors (Lipinski definition) is 3. The van der Waals surface area contributed by atoms with Crippen molar-refractivity contribution in [1.29, 1.82) is 0 Å². The molecule has 1 saturated heterocycles. The van der Waals surface area contributed by atoms with E-state index in [0.717, 1.165) is 15.6 Å². The quantitative estimate of drug-likeness (QED) is 0.664. The second-order valence-electron chi connectivity index (χ2n) is 4.25. The highest BCUT2D eigenvalue weighted by molar-refractivity contribution is 7.91.